The maximum Gasteiger partial charge on any atom is 0.307 e. The number of carbonyl (C=O) groups is 2. The van der Waals surface area contributed by atoms with Gasteiger partial charge in [0.1, 0.15) is 0 Å². The minimum atomic E-state index is -0.726. The van der Waals surface area contributed by atoms with Crippen molar-refractivity contribution >= 4 is 17.6 Å². The molecule has 84 valence electrons. The van der Waals surface area contributed by atoms with E-state index in [0.717, 1.165) is 17.7 Å². The van der Waals surface area contributed by atoms with Crippen LogP contribution in [0.3, 0.4) is 0 Å². The summed E-state index contributed by atoms with van der Waals surface area (Å²) in [5, 5.41) is 11.5. The Morgan fingerprint density at radius 1 is 1.31 bits per heavy atom. The molecule has 4 nitrogen and oxygen atoms in total. The summed E-state index contributed by atoms with van der Waals surface area (Å²) in [7, 11) is 0. The number of carboxylic acids is 1. The first kappa shape index (κ1) is 10.7. The standard InChI is InChI=1S/C12H13NO3/c1-7(14)13-9-4-2-8(3-5-9)10-6-11(10)12(15)16/h2-5,10-11H,6H2,1H3,(H,13,14)(H,15,16)/t10-,11+/m1/s1. The molecule has 0 saturated heterocycles. The van der Waals surface area contributed by atoms with Gasteiger partial charge in [0.25, 0.3) is 0 Å². The third-order valence-corrected chi connectivity index (χ3v) is 2.77. The molecule has 2 N–H and O–H groups in total. The van der Waals surface area contributed by atoms with E-state index < -0.39 is 5.97 Å². The molecule has 0 spiro atoms. The lowest BCUT2D eigenvalue weighted by Gasteiger charge is -2.03. The lowest BCUT2D eigenvalue weighted by molar-refractivity contribution is -0.138. The molecule has 1 fully saturated rings. The molecule has 1 aliphatic carbocycles. The zero-order valence-electron chi connectivity index (χ0n) is 8.93. The van der Waals surface area contributed by atoms with Crippen LogP contribution in [-0.2, 0) is 9.59 Å². The molecule has 1 aromatic rings. The Morgan fingerprint density at radius 2 is 1.94 bits per heavy atom. The molecule has 0 aromatic heterocycles. The summed E-state index contributed by atoms with van der Waals surface area (Å²) in [4.78, 5) is 21.5. The van der Waals surface area contributed by atoms with Crippen LogP contribution in [0.4, 0.5) is 5.69 Å². The molecule has 4 heteroatoms. The Bertz CT molecular complexity index is 424. The Morgan fingerprint density at radius 3 is 2.38 bits per heavy atom. The Labute approximate surface area is 93.3 Å². The van der Waals surface area contributed by atoms with Gasteiger partial charge in [-0.15, -0.1) is 0 Å². The van der Waals surface area contributed by atoms with Crippen LogP contribution in [0, 0.1) is 5.92 Å². The molecule has 1 aromatic carbocycles. The van der Waals surface area contributed by atoms with Crippen molar-refractivity contribution in [2.75, 3.05) is 5.32 Å². The summed E-state index contributed by atoms with van der Waals surface area (Å²) in [6, 6.07) is 7.35. The first-order valence-corrected chi connectivity index (χ1v) is 5.18. The first-order valence-electron chi connectivity index (χ1n) is 5.18. The predicted molar refractivity (Wildman–Crippen MR) is 59.2 cm³/mol. The van der Waals surface area contributed by atoms with Gasteiger partial charge in [-0.05, 0) is 30.0 Å². The van der Waals surface area contributed by atoms with E-state index in [2.05, 4.69) is 5.32 Å². The molecule has 0 radical (unpaired) electrons. The highest BCUT2D eigenvalue weighted by atomic mass is 16.4. The summed E-state index contributed by atoms with van der Waals surface area (Å²) >= 11 is 0. The molecular weight excluding hydrogens is 206 g/mol. The summed E-state index contributed by atoms with van der Waals surface area (Å²) in [6.45, 7) is 1.45. The number of amides is 1. The quantitative estimate of drug-likeness (QED) is 0.815. The third-order valence-electron chi connectivity index (χ3n) is 2.77. The van der Waals surface area contributed by atoms with Crippen molar-refractivity contribution in [3.05, 3.63) is 29.8 Å². The Balaban J connectivity index is 2.04. The topological polar surface area (TPSA) is 66.4 Å². The summed E-state index contributed by atoms with van der Waals surface area (Å²) in [5.74, 6) is -0.922. The highest BCUT2D eigenvalue weighted by Crippen LogP contribution is 2.47. The van der Waals surface area contributed by atoms with Crippen molar-refractivity contribution in [3.8, 4) is 0 Å². The SMILES string of the molecule is CC(=O)Nc1ccc([C@H]2C[C@@H]2C(=O)O)cc1. The van der Waals surface area contributed by atoms with Gasteiger partial charge in [0.15, 0.2) is 0 Å². The fourth-order valence-electron chi connectivity index (χ4n) is 1.85. The molecule has 1 saturated carbocycles. The second kappa shape index (κ2) is 3.96. The second-order valence-corrected chi connectivity index (χ2v) is 4.09. The van der Waals surface area contributed by atoms with E-state index in [9.17, 15) is 9.59 Å². The zero-order valence-corrected chi connectivity index (χ0v) is 8.93. The van der Waals surface area contributed by atoms with Crippen LogP contribution in [0.25, 0.3) is 0 Å². The van der Waals surface area contributed by atoms with E-state index in [1.54, 1.807) is 12.1 Å². The number of hydrogen-bond acceptors (Lipinski definition) is 2. The number of benzene rings is 1. The van der Waals surface area contributed by atoms with Crippen LogP contribution < -0.4 is 5.32 Å². The average molecular weight is 219 g/mol. The minimum Gasteiger partial charge on any atom is -0.481 e. The Hall–Kier alpha value is -1.84. The highest BCUT2D eigenvalue weighted by molar-refractivity contribution is 5.88. The fourth-order valence-corrected chi connectivity index (χ4v) is 1.85. The number of carboxylic acid groups (broad SMARTS) is 1. The molecule has 16 heavy (non-hydrogen) atoms. The smallest absolute Gasteiger partial charge is 0.307 e. The number of nitrogens with one attached hydrogen (secondary N) is 1. The van der Waals surface area contributed by atoms with Gasteiger partial charge in [-0.25, -0.2) is 0 Å². The van der Waals surface area contributed by atoms with E-state index in [0.29, 0.717) is 0 Å². The maximum atomic E-state index is 10.8. The zero-order chi connectivity index (χ0) is 11.7. The van der Waals surface area contributed by atoms with Gasteiger partial charge < -0.3 is 10.4 Å². The van der Waals surface area contributed by atoms with Crippen LogP contribution in [0.15, 0.2) is 24.3 Å². The lowest BCUT2D eigenvalue weighted by Crippen LogP contribution is -2.05. The molecule has 1 amide bonds. The van der Waals surface area contributed by atoms with Gasteiger partial charge in [-0.1, -0.05) is 12.1 Å². The van der Waals surface area contributed by atoms with Gasteiger partial charge in [-0.3, -0.25) is 9.59 Å². The van der Waals surface area contributed by atoms with Crippen LogP contribution in [-0.4, -0.2) is 17.0 Å². The van der Waals surface area contributed by atoms with Crippen molar-refractivity contribution in [1.29, 1.82) is 0 Å². The van der Waals surface area contributed by atoms with Crippen LogP contribution >= 0.6 is 0 Å². The molecule has 0 bridgehead atoms. The van der Waals surface area contributed by atoms with Crippen LogP contribution in [0.5, 0.6) is 0 Å². The van der Waals surface area contributed by atoms with E-state index >= 15 is 0 Å². The number of carbonyl (C=O) groups excluding carboxylic acids is 1. The first-order chi connectivity index (χ1) is 7.58. The van der Waals surface area contributed by atoms with E-state index in [1.807, 2.05) is 12.1 Å². The van der Waals surface area contributed by atoms with Gasteiger partial charge in [0.05, 0.1) is 5.92 Å². The molecule has 0 unspecified atom stereocenters. The molecule has 0 aliphatic heterocycles. The molecule has 1 aliphatic rings. The van der Waals surface area contributed by atoms with E-state index in [1.165, 1.54) is 6.92 Å². The second-order valence-electron chi connectivity index (χ2n) is 4.09. The fraction of sp³-hybridized carbons (Fsp3) is 0.333. The van der Waals surface area contributed by atoms with Crippen molar-refractivity contribution in [1.82, 2.24) is 0 Å². The van der Waals surface area contributed by atoms with E-state index in [4.69, 9.17) is 5.11 Å². The lowest BCUT2D eigenvalue weighted by atomic mass is 10.1. The minimum absolute atomic E-state index is 0.109. The van der Waals surface area contributed by atoms with Crippen molar-refractivity contribution in [2.24, 2.45) is 5.92 Å². The van der Waals surface area contributed by atoms with Crippen molar-refractivity contribution in [2.45, 2.75) is 19.3 Å². The summed E-state index contributed by atoms with van der Waals surface area (Å²) in [5.41, 5.74) is 1.77. The number of anilines is 1. The van der Waals surface area contributed by atoms with Crippen molar-refractivity contribution in [3.63, 3.8) is 0 Å². The average Bonchev–Trinajstić information content (AvgIpc) is 2.97. The summed E-state index contributed by atoms with van der Waals surface area (Å²) in [6.07, 6.45) is 0.717. The molecule has 2 atom stereocenters. The summed E-state index contributed by atoms with van der Waals surface area (Å²) < 4.78 is 0. The molecule has 0 heterocycles. The molecule has 2 rings (SSSR count). The monoisotopic (exact) mass is 219 g/mol. The number of rotatable bonds is 3. The van der Waals surface area contributed by atoms with Crippen LogP contribution in [0.1, 0.15) is 24.8 Å². The maximum absolute atomic E-state index is 10.8. The third kappa shape index (κ3) is 2.21. The van der Waals surface area contributed by atoms with Gasteiger partial charge in [-0.2, -0.15) is 0 Å². The number of aliphatic carboxylic acids is 1. The van der Waals surface area contributed by atoms with Gasteiger partial charge >= 0.3 is 5.97 Å². The number of hydrogen-bond donors (Lipinski definition) is 2. The molecular formula is C12H13NO3. The van der Waals surface area contributed by atoms with E-state index in [-0.39, 0.29) is 17.7 Å². The van der Waals surface area contributed by atoms with Gasteiger partial charge in [0.2, 0.25) is 5.91 Å². The Kier molecular flexibility index (Phi) is 2.64. The van der Waals surface area contributed by atoms with Gasteiger partial charge in [0, 0.05) is 12.6 Å². The van der Waals surface area contributed by atoms with Crippen LogP contribution in [0.2, 0.25) is 0 Å². The predicted octanol–water partition coefficient (Wildman–Crippen LogP) is 1.83. The highest BCUT2D eigenvalue weighted by Gasteiger charge is 2.43. The largest absolute Gasteiger partial charge is 0.481 e. The van der Waals surface area contributed by atoms with Crippen molar-refractivity contribution < 1.29 is 14.7 Å². The normalized spacial score (nSPS) is 22.6.